The summed E-state index contributed by atoms with van der Waals surface area (Å²) in [5.74, 6) is 0.274. The van der Waals surface area contributed by atoms with E-state index in [2.05, 4.69) is 4.98 Å². The Morgan fingerprint density at radius 3 is 1.92 bits per heavy atom. The maximum absolute atomic E-state index is 5.79. The Labute approximate surface area is 95.7 Å². The molecule has 72 valence electrons. The average molecular weight is 261 g/mol. The molecule has 0 amide bonds. The topological polar surface area (TPSA) is 22.1 Å². The molecule has 1 rings (SSSR count). The summed E-state index contributed by atoms with van der Waals surface area (Å²) < 4.78 is 5.16. The van der Waals surface area contributed by atoms with Crippen molar-refractivity contribution < 1.29 is 4.74 Å². The summed E-state index contributed by atoms with van der Waals surface area (Å²) >= 11 is 22.9. The normalized spacial score (nSPS) is 10.2. The van der Waals surface area contributed by atoms with Gasteiger partial charge in [0.15, 0.2) is 16.1 Å². The molecule has 0 atom stereocenters. The number of aromatic nitrogens is 1. The minimum atomic E-state index is 0.0829. The molecule has 0 unspecified atom stereocenters. The lowest BCUT2D eigenvalue weighted by Crippen LogP contribution is -1.95. The number of hydrogen-bond donors (Lipinski definition) is 0. The van der Waals surface area contributed by atoms with Crippen LogP contribution in [0.5, 0.6) is 5.75 Å². The summed E-state index contributed by atoms with van der Waals surface area (Å²) in [6, 6.07) is 0. The van der Waals surface area contributed by atoms with Crippen molar-refractivity contribution in [2.45, 2.75) is 6.92 Å². The Morgan fingerprint density at radius 2 is 1.54 bits per heavy atom. The molecule has 13 heavy (non-hydrogen) atoms. The third kappa shape index (κ3) is 2.32. The number of halogens is 4. The summed E-state index contributed by atoms with van der Waals surface area (Å²) in [5.41, 5.74) is 0. The minimum absolute atomic E-state index is 0.0829. The molecule has 0 aromatic carbocycles. The van der Waals surface area contributed by atoms with Crippen LogP contribution < -0.4 is 4.74 Å². The van der Waals surface area contributed by atoms with Gasteiger partial charge in [-0.2, -0.15) is 0 Å². The van der Waals surface area contributed by atoms with Crippen LogP contribution in [-0.4, -0.2) is 11.6 Å². The van der Waals surface area contributed by atoms with Crippen molar-refractivity contribution in [2.75, 3.05) is 6.61 Å². The van der Waals surface area contributed by atoms with Crippen molar-refractivity contribution >= 4 is 46.4 Å². The number of hydrogen-bond acceptors (Lipinski definition) is 2. The maximum Gasteiger partial charge on any atom is 0.162 e. The van der Waals surface area contributed by atoms with Crippen LogP contribution in [0.3, 0.4) is 0 Å². The van der Waals surface area contributed by atoms with Gasteiger partial charge in [-0.1, -0.05) is 46.4 Å². The van der Waals surface area contributed by atoms with E-state index in [1.54, 1.807) is 6.92 Å². The molecule has 0 spiro atoms. The molecule has 0 N–H and O–H groups in total. The van der Waals surface area contributed by atoms with Gasteiger partial charge in [0.1, 0.15) is 10.0 Å². The van der Waals surface area contributed by atoms with E-state index in [0.717, 1.165) is 0 Å². The van der Waals surface area contributed by atoms with E-state index in [0.29, 0.717) is 6.61 Å². The summed E-state index contributed by atoms with van der Waals surface area (Å²) in [7, 11) is 0. The molecule has 0 aliphatic heterocycles. The highest BCUT2D eigenvalue weighted by atomic mass is 35.5. The second kappa shape index (κ2) is 4.56. The molecule has 0 radical (unpaired) electrons. The summed E-state index contributed by atoms with van der Waals surface area (Å²) in [6.07, 6.45) is 0. The highest BCUT2D eigenvalue weighted by molar-refractivity contribution is 6.47. The van der Waals surface area contributed by atoms with E-state index in [-0.39, 0.29) is 26.1 Å². The molecule has 0 aliphatic carbocycles. The van der Waals surface area contributed by atoms with Gasteiger partial charge in [0.05, 0.1) is 6.61 Å². The maximum atomic E-state index is 5.79. The van der Waals surface area contributed by atoms with Crippen LogP contribution in [0.2, 0.25) is 20.4 Å². The van der Waals surface area contributed by atoms with E-state index >= 15 is 0 Å². The quantitative estimate of drug-likeness (QED) is 0.748. The molecule has 1 aromatic rings. The molecule has 0 aliphatic rings. The second-order valence-corrected chi connectivity index (χ2v) is 3.56. The Kier molecular flexibility index (Phi) is 3.92. The molecular formula is C7H5Cl4NO. The fraction of sp³-hybridized carbons (Fsp3) is 0.286. The molecular weight excluding hydrogens is 256 g/mol. The Balaban J connectivity index is 3.28. The van der Waals surface area contributed by atoms with E-state index in [1.165, 1.54) is 0 Å². The largest absolute Gasteiger partial charge is 0.491 e. The Hall–Kier alpha value is 0.110. The lowest BCUT2D eigenvalue weighted by atomic mass is 10.4. The molecule has 1 aromatic heterocycles. The Morgan fingerprint density at radius 1 is 1.08 bits per heavy atom. The fourth-order valence-corrected chi connectivity index (χ4v) is 1.55. The van der Waals surface area contributed by atoms with E-state index in [1.807, 2.05) is 0 Å². The van der Waals surface area contributed by atoms with Gasteiger partial charge >= 0.3 is 0 Å². The van der Waals surface area contributed by atoms with E-state index in [4.69, 9.17) is 51.1 Å². The monoisotopic (exact) mass is 259 g/mol. The average Bonchev–Trinajstić information content (AvgIpc) is 2.09. The van der Waals surface area contributed by atoms with Gasteiger partial charge in [0.25, 0.3) is 0 Å². The third-order valence-electron chi connectivity index (χ3n) is 1.25. The first kappa shape index (κ1) is 11.2. The van der Waals surface area contributed by atoms with Gasteiger partial charge in [-0.3, -0.25) is 0 Å². The highest BCUT2D eigenvalue weighted by Gasteiger charge is 2.15. The van der Waals surface area contributed by atoms with E-state index in [9.17, 15) is 0 Å². The number of rotatable bonds is 2. The molecule has 0 fully saturated rings. The predicted octanol–water partition coefficient (Wildman–Crippen LogP) is 4.09. The van der Waals surface area contributed by atoms with Gasteiger partial charge in [-0.05, 0) is 6.92 Å². The second-order valence-electron chi connectivity index (χ2n) is 2.08. The van der Waals surface area contributed by atoms with Crippen LogP contribution in [-0.2, 0) is 0 Å². The van der Waals surface area contributed by atoms with Crippen molar-refractivity contribution in [3.8, 4) is 5.75 Å². The molecule has 0 saturated carbocycles. The third-order valence-corrected chi connectivity index (χ3v) is 2.69. The zero-order valence-corrected chi connectivity index (χ0v) is 9.60. The lowest BCUT2D eigenvalue weighted by molar-refractivity contribution is 0.340. The van der Waals surface area contributed by atoms with Crippen LogP contribution in [0.1, 0.15) is 6.92 Å². The van der Waals surface area contributed by atoms with Crippen molar-refractivity contribution in [3.63, 3.8) is 0 Å². The first-order valence-corrected chi connectivity index (χ1v) is 4.91. The van der Waals surface area contributed by atoms with Crippen molar-refractivity contribution in [1.29, 1.82) is 0 Å². The smallest absolute Gasteiger partial charge is 0.162 e. The van der Waals surface area contributed by atoms with E-state index < -0.39 is 0 Å². The van der Waals surface area contributed by atoms with Gasteiger partial charge < -0.3 is 4.74 Å². The van der Waals surface area contributed by atoms with Gasteiger partial charge in [0.2, 0.25) is 0 Å². The molecule has 1 heterocycles. The van der Waals surface area contributed by atoms with Gasteiger partial charge in [0, 0.05) is 0 Å². The molecule has 2 nitrogen and oxygen atoms in total. The highest BCUT2D eigenvalue weighted by Crippen LogP contribution is 2.40. The zero-order valence-electron chi connectivity index (χ0n) is 6.57. The summed E-state index contributed by atoms with van der Waals surface area (Å²) in [6.45, 7) is 2.23. The fourth-order valence-electron chi connectivity index (χ4n) is 0.739. The number of ether oxygens (including phenoxy) is 1. The van der Waals surface area contributed by atoms with Crippen LogP contribution in [0.15, 0.2) is 0 Å². The number of nitrogens with zero attached hydrogens (tertiary/aromatic N) is 1. The first-order chi connectivity index (χ1) is 6.07. The number of pyridine rings is 1. The SMILES string of the molecule is CCOc1c(Cl)c(Cl)nc(Cl)c1Cl. The molecule has 0 bridgehead atoms. The van der Waals surface area contributed by atoms with Crippen LogP contribution >= 0.6 is 46.4 Å². The van der Waals surface area contributed by atoms with Gasteiger partial charge in [-0.15, -0.1) is 0 Å². The van der Waals surface area contributed by atoms with Crippen molar-refractivity contribution in [2.24, 2.45) is 0 Å². The summed E-state index contributed by atoms with van der Waals surface area (Å²) in [5, 5.41) is 0.523. The van der Waals surface area contributed by atoms with Crippen LogP contribution in [0.25, 0.3) is 0 Å². The first-order valence-electron chi connectivity index (χ1n) is 3.40. The Bertz CT molecular complexity index is 303. The zero-order chi connectivity index (χ0) is 10.0. The van der Waals surface area contributed by atoms with Gasteiger partial charge in [-0.25, -0.2) is 4.98 Å². The summed E-state index contributed by atoms with van der Waals surface area (Å²) in [4.78, 5) is 3.70. The standard InChI is InChI=1S/C7H5Cl4NO/c1-2-13-5-3(8)6(10)12-7(11)4(5)9/h2H2,1H3. The predicted molar refractivity (Wildman–Crippen MR) is 55.4 cm³/mol. The molecule has 0 saturated heterocycles. The minimum Gasteiger partial charge on any atom is -0.491 e. The van der Waals surface area contributed by atoms with Crippen molar-refractivity contribution in [3.05, 3.63) is 20.4 Å². The lowest BCUT2D eigenvalue weighted by Gasteiger charge is -2.09. The van der Waals surface area contributed by atoms with Crippen LogP contribution in [0, 0.1) is 0 Å². The van der Waals surface area contributed by atoms with Crippen molar-refractivity contribution in [1.82, 2.24) is 4.98 Å². The molecule has 6 heteroatoms. The van der Waals surface area contributed by atoms with Crippen LogP contribution in [0.4, 0.5) is 0 Å².